The van der Waals surface area contributed by atoms with Crippen LogP contribution in [0.4, 0.5) is 5.69 Å². The minimum atomic E-state index is -3.46. The molecule has 0 aliphatic rings. The third kappa shape index (κ3) is 6.97. The van der Waals surface area contributed by atoms with E-state index in [1.807, 2.05) is 52.0 Å². The van der Waals surface area contributed by atoms with Crippen LogP contribution in [0, 0.1) is 20.8 Å². The van der Waals surface area contributed by atoms with Crippen LogP contribution >= 0.6 is 0 Å². The Bertz CT molecular complexity index is 1090. The van der Waals surface area contributed by atoms with E-state index in [4.69, 9.17) is 4.74 Å². The van der Waals surface area contributed by atoms with E-state index in [1.54, 1.807) is 7.11 Å². The molecule has 1 unspecified atom stereocenters. The fourth-order valence-electron chi connectivity index (χ4n) is 4.04. The van der Waals surface area contributed by atoms with Crippen LogP contribution in [0.3, 0.4) is 0 Å². The zero-order valence-corrected chi connectivity index (χ0v) is 22.0. The average molecular weight is 475 g/mol. The minimum absolute atomic E-state index is 0.0989. The summed E-state index contributed by atoms with van der Waals surface area (Å²) in [6, 6.07) is 9.71. The number of benzene rings is 2. The Morgan fingerprint density at radius 1 is 1.03 bits per heavy atom. The van der Waals surface area contributed by atoms with Crippen molar-refractivity contribution in [2.75, 3.05) is 24.2 Å². The molecular weight excluding hydrogens is 436 g/mol. The van der Waals surface area contributed by atoms with Gasteiger partial charge in [-0.3, -0.25) is 9.10 Å². The highest BCUT2D eigenvalue weighted by molar-refractivity contribution is 7.92. The maximum atomic E-state index is 12.7. The second kappa shape index (κ2) is 11.1. The largest absolute Gasteiger partial charge is 0.496 e. The molecule has 0 aromatic heterocycles. The number of hydrogen-bond donors (Lipinski definition) is 1. The summed E-state index contributed by atoms with van der Waals surface area (Å²) >= 11 is 0. The van der Waals surface area contributed by atoms with Crippen LogP contribution < -0.4 is 14.4 Å². The quantitative estimate of drug-likeness (QED) is 0.516. The van der Waals surface area contributed by atoms with Crippen molar-refractivity contribution in [3.8, 4) is 5.75 Å². The highest BCUT2D eigenvalue weighted by atomic mass is 32.2. The molecule has 2 aromatic rings. The van der Waals surface area contributed by atoms with E-state index >= 15 is 0 Å². The van der Waals surface area contributed by atoms with Gasteiger partial charge in [-0.15, -0.1) is 0 Å². The monoisotopic (exact) mass is 474 g/mol. The summed E-state index contributed by atoms with van der Waals surface area (Å²) in [6.07, 6.45) is 1.88. The molecule has 33 heavy (non-hydrogen) atoms. The number of rotatable bonds is 10. The first-order chi connectivity index (χ1) is 15.3. The number of hydrogen-bond acceptors (Lipinski definition) is 4. The molecule has 2 rings (SSSR count). The molecule has 0 saturated heterocycles. The molecule has 0 aliphatic carbocycles. The van der Waals surface area contributed by atoms with Gasteiger partial charge in [-0.05, 0) is 86.1 Å². The molecular formula is C26H38N2O4S. The fourth-order valence-corrected chi connectivity index (χ4v) is 5.05. The molecule has 182 valence electrons. The van der Waals surface area contributed by atoms with Crippen LogP contribution in [0.25, 0.3) is 0 Å². The van der Waals surface area contributed by atoms with E-state index in [-0.39, 0.29) is 24.9 Å². The van der Waals surface area contributed by atoms with Crippen molar-refractivity contribution < 1.29 is 17.9 Å². The van der Waals surface area contributed by atoms with Gasteiger partial charge in [0, 0.05) is 13.0 Å². The molecule has 0 bridgehead atoms. The highest BCUT2D eigenvalue weighted by Gasteiger charge is 2.21. The number of ether oxygens (including phenoxy) is 1. The van der Waals surface area contributed by atoms with Crippen molar-refractivity contribution in [2.24, 2.45) is 0 Å². The standard InChI is InChI=1S/C26H38N2O4S/c1-17(2)22-16-23(20(5)15-25(22)32-7)21(6)27-26(29)10-9-13-28(33(8,30)31)24-14-18(3)11-12-19(24)4/h11-12,14-17,21H,9-10,13H2,1-8H3,(H,27,29). The first-order valence-corrected chi connectivity index (χ1v) is 13.2. The number of nitrogens with zero attached hydrogens (tertiary/aromatic N) is 1. The number of carbonyl (C=O) groups excluding carboxylic acids is 1. The molecule has 0 radical (unpaired) electrons. The Kier molecular flexibility index (Phi) is 8.95. The summed E-state index contributed by atoms with van der Waals surface area (Å²) in [7, 11) is -1.79. The first-order valence-electron chi connectivity index (χ1n) is 11.4. The van der Waals surface area contributed by atoms with Crippen LogP contribution in [0.15, 0.2) is 30.3 Å². The predicted octanol–water partition coefficient (Wildman–Crippen LogP) is 5.17. The van der Waals surface area contributed by atoms with Crippen molar-refractivity contribution in [2.45, 2.75) is 66.3 Å². The smallest absolute Gasteiger partial charge is 0.232 e. The topological polar surface area (TPSA) is 75.7 Å². The number of carbonyl (C=O) groups is 1. The average Bonchev–Trinajstić information content (AvgIpc) is 2.71. The van der Waals surface area contributed by atoms with Crippen molar-refractivity contribution in [1.82, 2.24) is 5.32 Å². The van der Waals surface area contributed by atoms with Crippen LogP contribution in [0.5, 0.6) is 5.75 Å². The van der Waals surface area contributed by atoms with Crippen LogP contribution in [0.1, 0.15) is 73.4 Å². The lowest BCUT2D eigenvalue weighted by molar-refractivity contribution is -0.121. The molecule has 1 amide bonds. The number of anilines is 1. The van der Waals surface area contributed by atoms with Crippen molar-refractivity contribution in [3.05, 3.63) is 58.1 Å². The van der Waals surface area contributed by atoms with Crippen molar-refractivity contribution in [3.63, 3.8) is 0 Å². The lowest BCUT2D eigenvalue weighted by Crippen LogP contribution is -2.33. The van der Waals surface area contributed by atoms with Crippen LogP contribution in [-0.4, -0.2) is 34.2 Å². The van der Waals surface area contributed by atoms with Crippen molar-refractivity contribution in [1.29, 1.82) is 0 Å². The zero-order valence-electron chi connectivity index (χ0n) is 21.2. The first kappa shape index (κ1) is 26.7. The number of methoxy groups -OCH3 is 1. The molecule has 0 heterocycles. The van der Waals surface area contributed by atoms with Crippen LogP contribution in [0.2, 0.25) is 0 Å². The summed E-state index contributed by atoms with van der Waals surface area (Å²) in [5.41, 5.74) is 5.77. The van der Waals surface area contributed by atoms with Gasteiger partial charge in [0.2, 0.25) is 15.9 Å². The molecule has 1 N–H and O–H groups in total. The summed E-state index contributed by atoms with van der Waals surface area (Å²) in [4.78, 5) is 12.7. The number of amides is 1. The Morgan fingerprint density at radius 3 is 2.27 bits per heavy atom. The van der Waals surface area contributed by atoms with Gasteiger partial charge in [-0.2, -0.15) is 0 Å². The number of sulfonamides is 1. The van der Waals surface area contributed by atoms with Gasteiger partial charge in [-0.1, -0.05) is 26.0 Å². The summed E-state index contributed by atoms with van der Waals surface area (Å²) < 4.78 is 31.8. The third-order valence-electron chi connectivity index (χ3n) is 5.88. The maximum absolute atomic E-state index is 12.7. The molecule has 0 fully saturated rings. The molecule has 7 heteroatoms. The Hall–Kier alpha value is -2.54. The maximum Gasteiger partial charge on any atom is 0.232 e. The van der Waals surface area contributed by atoms with Crippen LogP contribution in [-0.2, 0) is 14.8 Å². The van der Waals surface area contributed by atoms with Crippen molar-refractivity contribution >= 4 is 21.6 Å². The predicted molar refractivity (Wildman–Crippen MR) is 136 cm³/mol. The molecule has 0 aliphatic heterocycles. The second-order valence-electron chi connectivity index (χ2n) is 9.12. The lowest BCUT2D eigenvalue weighted by atomic mass is 9.93. The highest BCUT2D eigenvalue weighted by Crippen LogP contribution is 2.32. The van der Waals surface area contributed by atoms with Gasteiger partial charge >= 0.3 is 0 Å². The van der Waals surface area contributed by atoms with E-state index in [9.17, 15) is 13.2 Å². The Morgan fingerprint density at radius 2 is 1.70 bits per heavy atom. The van der Waals surface area contributed by atoms with E-state index in [1.165, 1.54) is 10.6 Å². The number of aryl methyl sites for hydroxylation is 3. The molecule has 6 nitrogen and oxygen atoms in total. The van der Waals surface area contributed by atoms with E-state index in [0.29, 0.717) is 18.0 Å². The second-order valence-corrected chi connectivity index (χ2v) is 11.0. The molecule has 2 aromatic carbocycles. The van der Waals surface area contributed by atoms with Gasteiger partial charge in [0.15, 0.2) is 0 Å². The van der Waals surface area contributed by atoms with E-state index < -0.39 is 10.0 Å². The van der Waals surface area contributed by atoms with Gasteiger partial charge in [-0.25, -0.2) is 8.42 Å². The van der Waals surface area contributed by atoms with E-state index in [0.717, 1.165) is 33.6 Å². The van der Waals surface area contributed by atoms with Gasteiger partial charge in [0.1, 0.15) is 5.75 Å². The molecule has 0 saturated carbocycles. The normalized spacial score (nSPS) is 12.5. The van der Waals surface area contributed by atoms with Gasteiger partial charge in [0.05, 0.1) is 25.1 Å². The fraction of sp³-hybridized carbons (Fsp3) is 0.500. The zero-order chi connectivity index (χ0) is 24.9. The summed E-state index contributed by atoms with van der Waals surface area (Å²) in [6.45, 7) is 12.3. The lowest BCUT2D eigenvalue weighted by Gasteiger charge is -2.25. The SMILES string of the molecule is COc1cc(C)c(C(C)NC(=O)CCCN(c2cc(C)ccc2C)S(C)(=O)=O)cc1C(C)C. The summed E-state index contributed by atoms with van der Waals surface area (Å²) in [5, 5.41) is 3.07. The molecule has 0 spiro atoms. The van der Waals surface area contributed by atoms with Gasteiger partial charge in [0.25, 0.3) is 0 Å². The molecule has 1 atom stereocenters. The summed E-state index contributed by atoms with van der Waals surface area (Å²) in [5.74, 6) is 1.06. The number of nitrogens with one attached hydrogen (secondary N) is 1. The Balaban J connectivity index is 2.07. The van der Waals surface area contributed by atoms with Gasteiger partial charge < -0.3 is 10.1 Å². The Labute approximate surface area is 199 Å². The third-order valence-corrected chi connectivity index (χ3v) is 7.06. The van der Waals surface area contributed by atoms with E-state index in [2.05, 4.69) is 25.2 Å². The minimum Gasteiger partial charge on any atom is -0.496 e.